The van der Waals surface area contributed by atoms with Crippen LogP contribution in [0.1, 0.15) is 0 Å². The molecule has 4 N–H and O–H groups in total. The summed E-state index contributed by atoms with van der Waals surface area (Å²) in [5, 5.41) is 0. The predicted molar refractivity (Wildman–Crippen MR) is 22.8 cm³/mol. The van der Waals surface area contributed by atoms with Crippen LogP contribution in [0.5, 0.6) is 0 Å². The smallest absolute Gasteiger partial charge is 0.597 e. The van der Waals surface area contributed by atoms with Crippen molar-refractivity contribution >= 4 is 14.7 Å². The number of primary amides is 2. The molecular weight excluding hydrogens is 142 g/mol. The van der Waals surface area contributed by atoms with Gasteiger partial charge in [0.15, 0.2) is 0 Å². The van der Waals surface area contributed by atoms with E-state index in [1.54, 1.807) is 0 Å². The van der Waals surface area contributed by atoms with E-state index in [0.717, 1.165) is 0 Å². The monoisotopic (exact) mass is 147 g/mol. The van der Waals surface area contributed by atoms with Gasteiger partial charge in [-0.15, -0.1) is 0 Å². The van der Waals surface area contributed by atoms with Crippen LogP contribution in [0.25, 0.3) is 0 Å². The molecule has 1 unspecified atom stereocenters. The van der Waals surface area contributed by atoms with Gasteiger partial charge in [-0.05, 0) is 0 Å². The summed E-state index contributed by atoms with van der Waals surface area (Å²) in [5.41, 5.74) is 8.50. The number of rotatable bonds is 0. The largest absolute Gasteiger partial charge is 1.00 e. The fraction of sp³-hybridized carbons (Fsp3) is 0. The fourth-order valence-corrected chi connectivity index (χ4v) is 0. The molecule has 0 spiro atoms. The zero-order valence-corrected chi connectivity index (χ0v) is 7.38. The first-order chi connectivity index (χ1) is 3.15. The SMILES string of the molecule is NC(N)=O.O=[PH+][O-].[Na+]. The van der Waals surface area contributed by atoms with Gasteiger partial charge >= 0.3 is 35.6 Å². The quantitative estimate of drug-likeness (QED) is 0.265. The van der Waals surface area contributed by atoms with E-state index in [0.29, 0.717) is 0 Å². The molecule has 0 aromatic carbocycles. The molecule has 0 saturated heterocycles. The molecule has 5 nitrogen and oxygen atoms in total. The first-order valence-electron chi connectivity index (χ1n) is 1.19. The van der Waals surface area contributed by atoms with Gasteiger partial charge in [0.25, 0.3) is 8.69 Å². The molecule has 0 aromatic heterocycles. The summed E-state index contributed by atoms with van der Waals surface area (Å²) in [6.45, 7) is 0. The second kappa shape index (κ2) is 15.7. The Morgan fingerprint density at radius 3 is 1.50 bits per heavy atom. The van der Waals surface area contributed by atoms with Gasteiger partial charge in [-0.1, -0.05) is 4.57 Å². The minimum absolute atomic E-state index is 0. The molecule has 0 rings (SSSR count). The third-order valence-corrected chi connectivity index (χ3v) is 0. The summed E-state index contributed by atoms with van der Waals surface area (Å²) in [4.78, 5) is 17.4. The average Bonchev–Trinajstić information content (AvgIpc) is 1.33. The summed E-state index contributed by atoms with van der Waals surface area (Å²) >= 11 is 0. The van der Waals surface area contributed by atoms with Gasteiger partial charge < -0.3 is 16.4 Å². The molecule has 0 fully saturated rings. The van der Waals surface area contributed by atoms with Crippen LogP contribution in [0.4, 0.5) is 4.79 Å². The molecule has 2 amide bonds. The van der Waals surface area contributed by atoms with E-state index >= 15 is 0 Å². The van der Waals surface area contributed by atoms with Gasteiger partial charge in [0.1, 0.15) is 0 Å². The molecule has 0 saturated carbocycles. The number of carbonyl (C=O) groups is 1. The van der Waals surface area contributed by atoms with Crippen molar-refractivity contribution in [2.24, 2.45) is 11.5 Å². The molecule has 7 heteroatoms. The second-order valence-electron chi connectivity index (χ2n) is 0.486. The van der Waals surface area contributed by atoms with Crippen molar-refractivity contribution in [3.8, 4) is 0 Å². The first kappa shape index (κ1) is 15.8. The number of hydrogen-bond acceptors (Lipinski definition) is 3. The van der Waals surface area contributed by atoms with Crippen LogP contribution in [0, 0.1) is 0 Å². The Morgan fingerprint density at radius 2 is 1.50 bits per heavy atom. The Hall–Kier alpha value is 0.330. The van der Waals surface area contributed by atoms with E-state index in [1.807, 2.05) is 0 Å². The van der Waals surface area contributed by atoms with E-state index < -0.39 is 14.7 Å². The topological polar surface area (TPSA) is 109 Å². The van der Waals surface area contributed by atoms with Crippen molar-refractivity contribution in [2.45, 2.75) is 0 Å². The van der Waals surface area contributed by atoms with Gasteiger partial charge in [-0.25, -0.2) is 4.79 Å². The molecular formula is CH5N2NaO3P+. The molecule has 0 aliphatic heterocycles. The maximum Gasteiger partial charge on any atom is 1.00 e. The molecule has 0 aliphatic rings. The Bertz CT molecular complexity index is 64.3. The summed E-state index contributed by atoms with van der Waals surface area (Å²) in [6.07, 6.45) is 0. The molecule has 0 aromatic rings. The number of nitrogens with two attached hydrogens (primary N) is 2. The maximum absolute atomic E-state index is 9.00. The minimum atomic E-state index is -1.42. The van der Waals surface area contributed by atoms with Crippen LogP contribution in [-0.4, -0.2) is 6.03 Å². The predicted octanol–water partition coefficient (Wildman–Crippen LogP) is -4.69. The van der Waals surface area contributed by atoms with Crippen molar-refractivity contribution in [1.29, 1.82) is 0 Å². The molecule has 0 bridgehead atoms. The number of hydrogen-bond donors (Lipinski definition) is 2. The van der Waals surface area contributed by atoms with Gasteiger partial charge in [-0.2, -0.15) is 0 Å². The van der Waals surface area contributed by atoms with Crippen molar-refractivity contribution in [3.63, 3.8) is 0 Å². The Kier molecular flexibility index (Phi) is 30.8. The van der Waals surface area contributed by atoms with E-state index in [9.17, 15) is 0 Å². The van der Waals surface area contributed by atoms with Gasteiger partial charge in [0.2, 0.25) is 0 Å². The number of urea groups is 1. The fourth-order valence-electron chi connectivity index (χ4n) is 0. The van der Waals surface area contributed by atoms with Gasteiger partial charge in [-0.3, -0.25) is 0 Å². The third-order valence-electron chi connectivity index (χ3n) is 0. The third kappa shape index (κ3) is 1650. The Balaban J connectivity index is -0.0000000575. The number of amides is 2. The van der Waals surface area contributed by atoms with Gasteiger partial charge in [0, 0.05) is 0 Å². The van der Waals surface area contributed by atoms with Crippen molar-refractivity contribution in [1.82, 2.24) is 0 Å². The van der Waals surface area contributed by atoms with Gasteiger partial charge in [0.05, 0.1) is 0 Å². The minimum Gasteiger partial charge on any atom is -0.597 e. The molecule has 0 heterocycles. The summed E-state index contributed by atoms with van der Waals surface area (Å²) in [7, 11) is -1.42. The molecule has 42 valence electrons. The van der Waals surface area contributed by atoms with Crippen molar-refractivity contribution in [2.75, 3.05) is 0 Å². The molecule has 1 atom stereocenters. The standard InChI is InChI=1S/CH4N2O.Na.HO2P/c2-1(3)4;;1-3-2/h(H4,2,3,4);;3H/q;+1;. The van der Waals surface area contributed by atoms with Crippen LogP contribution in [0.2, 0.25) is 0 Å². The van der Waals surface area contributed by atoms with E-state index in [-0.39, 0.29) is 29.6 Å². The maximum atomic E-state index is 9.00. The van der Waals surface area contributed by atoms with E-state index in [2.05, 4.69) is 11.5 Å². The Morgan fingerprint density at radius 1 is 1.50 bits per heavy atom. The second-order valence-corrected chi connectivity index (χ2v) is 0.652. The van der Waals surface area contributed by atoms with Crippen LogP contribution < -0.4 is 45.9 Å². The Labute approximate surface area is 70.0 Å². The molecule has 0 aliphatic carbocycles. The summed E-state index contributed by atoms with van der Waals surface area (Å²) < 4.78 is 8.40. The van der Waals surface area contributed by atoms with Crippen LogP contribution >= 0.6 is 8.69 Å². The average molecular weight is 147 g/mol. The van der Waals surface area contributed by atoms with Crippen LogP contribution in [0.15, 0.2) is 0 Å². The van der Waals surface area contributed by atoms with E-state index in [4.69, 9.17) is 14.3 Å². The summed E-state index contributed by atoms with van der Waals surface area (Å²) in [6, 6.07) is -0.833. The normalized spacial score (nSPS) is 5.62. The molecule has 0 radical (unpaired) electrons. The summed E-state index contributed by atoms with van der Waals surface area (Å²) in [5.74, 6) is 0. The van der Waals surface area contributed by atoms with E-state index in [1.165, 1.54) is 0 Å². The van der Waals surface area contributed by atoms with Crippen molar-refractivity contribution in [3.05, 3.63) is 0 Å². The zero-order valence-electron chi connectivity index (χ0n) is 4.38. The first-order valence-corrected chi connectivity index (χ1v) is 2.01. The molecule has 8 heavy (non-hydrogen) atoms. The number of carbonyl (C=O) groups excluding carboxylic acids is 1. The van der Waals surface area contributed by atoms with Crippen LogP contribution in [0.3, 0.4) is 0 Å². The zero-order chi connectivity index (χ0) is 6.28. The van der Waals surface area contributed by atoms with Crippen molar-refractivity contribution < 1.29 is 43.8 Å². The van der Waals surface area contributed by atoms with Crippen LogP contribution in [-0.2, 0) is 4.57 Å².